The minimum absolute atomic E-state index is 0.0189. The van der Waals surface area contributed by atoms with E-state index in [9.17, 15) is 24.6 Å². The number of alkyl carbamates (subject to hydrolysis) is 1. The Labute approximate surface area is 362 Å². The molecule has 3 aliphatic rings. The van der Waals surface area contributed by atoms with Crippen molar-refractivity contribution in [1.29, 1.82) is 0 Å². The fourth-order valence-corrected chi connectivity index (χ4v) is 9.24. The van der Waals surface area contributed by atoms with E-state index in [0.717, 1.165) is 99.9 Å². The molecular formula is C49H58ClN4O7+. The molecule has 3 saturated heterocycles. The summed E-state index contributed by atoms with van der Waals surface area (Å²) in [6, 6.07) is 30.5. The number of aromatic nitrogens is 1. The first-order valence-corrected chi connectivity index (χ1v) is 22.2. The summed E-state index contributed by atoms with van der Waals surface area (Å²) in [6.45, 7) is 4.67. The van der Waals surface area contributed by atoms with Crippen LogP contribution in [0.2, 0.25) is 5.02 Å². The summed E-state index contributed by atoms with van der Waals surface area (Å²) < 4.78 is 13.0. The molecule has 3 fully saturated rings. The number of H-pyrrole nitrogens is 1. The van der Waals surface area contributed by atoms with Gasteiger partial charge in [0.2, 0.25) is 11.3 Å². The van der Waals surface area contributed by atoms with Crippen LogP contribution in [0.5, 0.6) is 11.5 Å². The van der Waals surface area contributed by atoms with E-state index in [1.165, 1.54) is 12.1 Å². The number of carbonyl (C=O) groups excluding carboxylic acids is 2. The Morgan fingerprint density at radius 3 is 2.33 bits per heavy atom. The number of unbranched alkanes of at least 4 members (excludes halogenated alkanes) is 6. The Hall–Kier alpha value is -5.20. The number of carbonyl (C=O) groups is 2. The number of nitrogens with one attached hydrogen (secondary N) is 3. The van der Waals surface area contributed by atoms with Crippen molar-refractivity contribution < 1.29 is 33.8 Å². The van der Waals surface area contributed by atoms with E-state index in [0.29, 0.717) is 52.2 Å². The summed E-state index contributed by atoms with van der Waals surface area (Å²) in [7, 11) is 0. The van der Waals surface area contributed by atoms with Gasteiger partial charge in [-0.15, -0.1) is 0 Å². The monoisotopic (exact) mass is 849 g/mol. The molecule has 2 bridgehead atoms. The second-order valence-electron chi connectivity index (χ2n) is 16.7. The van der Waals surface area contributed by atoms with E-state index < -0.39 is 18.2 Å². The van der Waals surface area contributed by atoms with Crippen LogP contribution in [-0.2, 0) is 4.74 Å². The SMILES string of the molecule is O=C(NC(c1cccc(Cl)c1)c1cccc(OCCCCCCCCCNC[C@H](O)c2ccc(O)c3[nH]c(=O)ccc23)c1)O[C@H]1C[N+]2(CC(=O)c3ccccc3)CCC1CC2. The molecule has 3 aliphatic heterocycles. The van der Waals surface area contributed by atoms with Crippen molar-refractivity contribution in [3.63, 3.8) is 0 Å². The summed E-state index contributed by atoms with van der Waals surface area (Å²) in [5.74, 6) is 1.13. The third-order valence-electron chi connectivity index (χ3n) is 12.4. The predicted octanol–water partition coefficient (Wildman–Crippen LogP) is 8.63. The van der Waals surface area contributed by atoms with Crippen molar-refractivity contribution in [2.75, 3.05) is 45.9 Å². The minimum atomic E-state index is -0.760. The molecular weight excluding hydrogens is 792 g/mol. The van der Waals surface area contributed by atoms with Gasteiger partial charge >= 0.3 is 6.09 Å². The molecule has 1 aromatic heterocycles. The second-order valence-corrected chi connectivity index (χ2v) is 17.2. The van der Waals surface area contributed by atoms with Crippen LogP contribution >= 0.6 is 11.6 Å². The number of phenolic OH excluding ortho intramolecular Hbond substituents is 1. The Kier molecular flexibility index (Phi) is 15.1. The maximum Gasteiger partial charge on any atom is 0.408 e. The highest BCUT2D eigenvalue weighted by Gasteiger charge is 2.48. The summed E-state index contributed by atoms with van der Waals surface area (Å²) in [4.78, 5) is 41.2. The topological polar surface area (TPSA) is 150 Å². The van der Waals surface area contributed by atoms with Gasteiger partial charge in [-0.25, -0.2) is 4.79 Å². The lowest BCUT2D eigenvalue weighted by molar-refractivity contribution is -0.938. The summed E-state index contributed by atoms with van der Waals surface area (Å²) in [5, 5.41) is 28.5. The molecule has 4 heterocycles. The molecule has 0 spiro atoms. The van der Waals surface area contributed by atoms with Crippen molar-refractivity contribution in [1.82, 2.24) is 15.6 Å². The van der Waals surface area contributed by atoms with Gasteiger partial charge in [-0.3, -0.25) is 9.59 Å². The van der Waals surface area contributed by atoms with E-state index in [-0.39, 0.29) is 29.1 Å². The highest BCUT2D eigenvalue weighted by Crippen LogP contribution is 2.36. The largest absolute Gasteiger partial charge is 0.506 e. The number of benzene rings is 4. The van der Waals surface area contributed by atoms with E-state index in [4.69, 9.17) is 21.1 Å². The van der Waals surface area contributed by atoms with Crippen LogP contribution in [0.4, 0.5) is 4.79 Å². The van der Waals surface area contributed by atoms with Crippen LogP contribution in [-0.4, -0.2) is 83.5 Å². The van der Waals surface area contributed by atoms with Gasteiger partial charge in [0.25, 0.3) is 0 Å². The Morgan fingerprint density at radius 2 is 1.56 bits per heavy atom. The van der Waals surface area contributed by atoms with Crippen LogP contribution in [0.25, 0.3) is 10.9 Å². The van der Waals surface area contributed by atoms with Crippen LogP contribution < -0.4 is 20.9 Å². The first-order valence-electron chi connectivity index (χ1n) is 21.8. The number of hydrogen-bond donors (Lipinski definition) is 5. The number of ether oxygens (including phenoxy) is 2. The van der Waals surface area contributed by atoms with E-state index in [2.05, 4.69) is 15.6 Å². The van der Waals surface area contributed by atoms with Gasteiger partial charge in [0.15, 0.2) is 6.10 Å². The van der Waals surface area contributed by atoms with Crippen molar-refractivity contribution >= 4 is 34.4 Å². The van der Waals surface area contributed by atoms with Gasteiger partial charge in [0.1, 0.15) is 24.6 Å². The molecule has 5 aromatic rings. The Morgan fingerprint density at radius 1 is 0.836 bits per heavy atom. The number of aliphatic hydroxyl groups is 1. The number of fused-ring (bicyclic) bond motifs is 4. The molecule has 61 heavy (non-hydrogen) atoms. The molecule has 0 radical (unpaired) electrons. The Balaban J connectivity index is 0.824. The molecule has 3 atom stereocenters. The van der Waals surface area contributed by atoms with Gasteiger partial charge in [-0.1, -0.05) is 104 Å². The lowest BCUT2D eigenvalue weighted by Crippen LogP contribution is -2.66. The van der Waals surface area contributed by atoms with Crippen LogP contribution in [0.1, 0.15) is 97.0 Å². The van der Waals surface area contributed by atoms with Crippen molar-refractivity contribution in [2.24, 2.45) is 5.92 Å². The molecule has 1 unspecified atom stereocenters. The minimum Gasteiger partial charge on any atom is -0.506 e. The third kappa shape index (κ3) is 11.8. The van der Waals surface area contributed by atoms with E-state index >= 15 is 0 Å². The number of rotatable bonds is 21. The predicted molar refractivity (Wildman–Crippen MR) is 238 cm³/mol. The molecule has 12 heteroatoms. The molecule has 11 nitrogen and oxygen atoms in total. The second kappa shape index (κ2) is 21.1. The average Bonchev–Trinajstić information content (AvgIpc) is 3.26. The van der Waals surface area contributed by atoms with Gasteiger partial charge in [0, 0.05) is 47.3 Å². The number of amides is 1. The average molecular weight is 850 g/mol. The highest BCUT2D eigenvalue weighted by molar-refractivity contribution is 6.30. The van der Waals surface area contributed by atoms with Crippen molar-refractivity contribution in [3.05, 3.63) is 141 Å². The zero-order valence-electron chi connectivity index (χ0n) is 34.7. The molecule has 0 aliphatic carbocycles. The number of aliphatic hydroxyl groups excluding tert-OH is 1. The fourth-order valence-electron chi connectivity index (χ4n) is 9.04. The van der Waals surface area contributed by atoms with Gasteiger partial charge in [0.05, 0.1) is 37.4 Å². The molecule has 8 rings (SSSR count). The van der Waals surface area contributed by atoms with Gasteiger partial charge in [-0.2, -0.15) is 0 Å². The number of aromatic hydroxyl groups is 1. The maximum absolute atomic E-state index is 13.7. The molecule has 0 saturated carbocycles. The van der Waals surface area contributed by atoms with E-state index in [1.54, 1.807) is 12.1 Å². The summed E-state index contributed by atoms with van der Waals surface area (Å²) >= 11 is 6.43. The zero-order valence-corrected chi connectivity index (χ0v) is 35.5. The van der Waals surface area contributed by atoms with Gasteiger partial charge < -0.3 is 39.8 Å². The van der Waals surface area contributed by atoms with Gasteiger partial charge in [-0.05, 0) is 72.5 Å². The highest BCUT2D eigenvalue weighted by atomic mass is 35.5. The summed E-state index contributed by atoms with van der Waals surface area (Å²) in [6.07, 6.45) is 7.86. The lowest BCUT2D eigenvalue weighted by Gasteiger charge is -2.51. The molecule has 1 amide bonds. The number of aromatic amines is 1. The number of nitrogens with zero attached hydrogens (tertiary/aromatic N) is 1. The number of hydrogen-bond acceptors (Lipinski definition) is 8. The maximum atomic E-state index is 13.7. The number of pyridine rings is 1. The fraction of sp³-hybridized carbons (Fsp3) is 0.408. The number of halogens is 1. The number of piperidine rings is 3. The van der Waals surface area contributed by atoms with E-state index in [1.807, 2.05) is 78.9 Å². The number of phenols is 1. The number of ketones is 1. The summed E-state index contributed by atoms with van der Waals surface area (Å²) in [5.41, 5.74) is 3.12. The van der Waals surface area contributed by atoms with Crippen LogP contribution in [0.3, 0.4) is 0 Å². The quantitative estimate of drug-likeness (QED) is 0.0280. The van der Waals surface area contributed by atoms with Crippen LogP contribution in [0.15, 0.2) is 108 Å². The first kappa shape index (κ1) is 43.9. The molecule has 322 valence electrons. The number of Topliss-reactive ketones (excluding diaryl/α,β-unsaturated/α-hetero) is 1. The van der Waals surface area contributed by atoms with Crippen molar-refractivity contribution in [2.45, 2.75) is 76.0 Å². The standard InChI is InChI=1S/C49H57ClN4O7/c50-38-17-11-15-36(29-38)47(53-49(59)61-45-33-54(26-23-35(45)24-27-54)32-44(57)34-13-7-6-8-14-34)37-16-12-18-39(30-37)60-28-10-5-3-1-2-4-9-25-51-31-43(56)40-19-21-42(55)48-41(40)20-22-46(58)52-48/h6-8,11-22,29-30,35,43,45,47,51,56H,1-5,9-10,23-28,31-33H2,(H2-,52,53,55,58,59)/p+1/t35?,43-,45-,47?,54?/m0/s1. The number of quaternary nitrogens is 1. The smallest absolute Gasteiger partial charge is 0.408 e. The first-order chi connectivity index (χ1) is 29.7. The van der Waals surface area contributed by atoms with Crippen molar-refractivity contribution in [3.8, 4) is 11.5 Å². The third-order valence-corrected chi connectivity index (χ3v) is 12.6. The lowest BCUT2D eigenvalue weighted by atomic mass is 9.83. The Bertz CT molecular complexity index is 2290. The van der Waals surface area contributed by atoms with Crippen LogP contribution in [0, 0.1) is 5.92 Å². The molecule has 4 aromatic carbocycles. The zero-order chi connectivity index (χ0) is 42.6. The molecule has 5 N–H and O–H groups in total. The normalized spacial score (nSPS) is 19.3.